The molecule has 2 amide bonds. The Hall–Kier alpha value is -4.08. The number of carbonyl (C=O) groups is 2. The number of benzene rings is 2. The van der Waals surface area contributed by atoms with Gasteiger partial charge in [0.2, 0.25) is 11.8 Å². The fourth-order valence-corrected chi connectivity index (χ4v) is 4.04. The first-order valence-electron chi connectivity index (χ1n) is 11.8. The number of nitrogen functional groups attached to an aromatic ring is 1. The van der Waals surface area contributed by atoms with Crippen molar-refractivity contribution >= 4 is 34.3 Å². The summed E-state index contributed by atoms with van der Waals surface area (Å²) in [6, 6.07) is 14.3. The maximum atomic E-state index is 13.4. The number of methoxy groups -OCH3 is 1. The molecule has 0 saturated heterocycles. The molecule has 1 aromatic heterocycles. The molecule has 0 fully saturated rings. The summed E-state index contributed by atoms with van der Waals surface area (Å²) >= 11 is 0. The van der Waals surface area contributed by atoms with Crippen LogP contribution in [-0.2, 0) is 20.9 Å². The van der Waals surface area contributed by atoms with Crippen LogP contribution in [0.2, 0.25) is 0 Å². The van der Waals surface area contributed by atoms with E-state index < -0.39 is 17.4 Å². The topological polar surface area (TPSA) is 133 Å². The molecule has 0 saturated carbocycles. The number of nitrogens with one attached hydrogen (secondary N) is 2. The van der Waals surface area contributed by atoms with Gasteiger partial charge in [0.25, 0.3) is 5.91 Å². The quantitative estimate of drug-likeness (QED) is 0.435. The van der Waals surface area contributed by atoms with E-state index in [2.05, 4.69) is 20.9 Å². The Bertz CT molecular complexity index is 1280. The molecule has 3 aromatic rings. The summed E-state index contributed by atoms with van der Waals surface area (Å²) in [6.07, 6.45) is 0.161. The Labute approximate surface area is 209 Å². The molecule has 2 unspecified atom stereocenters. The number of hydrogen-bond donors (Lipinski definition) is 3. The number of fused-ring (bicyclic) bond motifs is 1. The zero-order chi connectivity index (χ0) is 25.9. The molecule has 4 rings (SSSR count). The Morgan fingerprint density at radius 3 is 2.58 bits per heavy atom. The number of ether oxygens (including phenoxy) is 1. The third-order valence-electron chi connectivity index (χ3n) is 6.03. The molecule has 1 aliphatic rings. The van der Waals surface area contributed by atoms with Crippen molar-refractivity contribution in [3.8, 4) is 0 Å². The van der Waals surface area contributed by atoms with Gasteiger partial charge in [0.15, 0.2) is 11.8 Å². The van der Waals surface area contributed by atoms with Crippen molar-refractivity contribution in [3.63, 3.8) is 0 Å². The third-order valence-corrected chi connectivity index (χ3v) is 6.03. The Morgan fingerprint density at radius 1 is 1.19 bits per heavy atom. The van der Waals surface area contributed by atoms with Gasteiger partial charge in [0, 0.05) is 11.1 Å². The molecule has 36 heavy (non-hydrogen) atoms. The lowest BCUT2D eigenvalue weighted by Crippen LogP contribution is -2.54. The molecule has 190 valence electrons. The molecule has 2 aromatic carbocycles. The van der Waals surface area contributed by atoms with E-state index in [9.17, 15) is 9.59 Å². The van der Waals surface area contributed by atoms with E-state index in [1.165, 1.54) is 7.11 Å². The summed E-state index contributed by atoms with van der Waals surface area (Å²) in [5.74, 6) is -0.244. The zero-order valence-electron chi connectivity index (χ0n) is 20.9. The highest BCUT2D eigenvalue weighted by atomic mass is 16.7. The van der Waals surface area contributed by atoms with Gasteiger partial charge in [-0.15, -0.1) is 0 Å². The summed E-state index contributed by atoms with van der Waals surface area (Å²) in [6.45, 7) is 6.41. The van der Waals surface area contributed by atoms with Crippen molar-refractivity contribution in [2.75, 3.05) is 19.4 Å². The molecule has 10 heteroatoms. The molecule has 2 heterocycles. The molecule has 10 nitrogen and oxygen atoms in total. The second-order valence-electron chi connectivity index (χ2n) is 9.90. The zero-order valence-corrected chi connectivity index (χ0v) is 20.9. The van der Waals surface area contributed by atoms with Gasteiger partial charge in [0.1, 0.15) is 6.04 Å². The van der Waals surface area contributed by atoms with Gasteiger partial charge in [-0.25, -0.2) is 0 Å². The number of carbonyl (C=O) groups excluding carboxylic acids is 2. The van der Waals surface area contributed by atoms with Crippen molar-refractivity contribution in [1.29, 1.82) is 0 Å². The van der Waals surface area contributed by atoms with Gasteiger partial charge in [-0.05, 0) is 29.2 Å². The third kappa shape index (κ3) is 5.59. The summed E-state index contributed by atoms with van der Waals surface area (Å²) in [5, 5.41) is 14.9. The number of nitrogens with two attached hydrogens (primary N) is 1. The lowest BCUT2D eigenvalue weighted by molar-refractivity contribution is -0.125. The summed E-state index contributed by atoms with van der Waals surface area (Å²) in [7, 11) is 1.52. The first-order chi connectivity index (χ1) is 17.2. The van der Waals surface area contributed by atoms with E-state index >= 15 is 0 Å². The number of anilines is 1. The van der Waals surface area contributed by atoms with Gasteiger partial charge in [0.05, 0.1) is 32.1 Å². The van der Waals surface area contributed by atoms with Crippen LogP contribution in [0.5, 0.6) is 0 Å². The van der Waals surface area contributed by atoms with Crippen LogP contribution in [0.4, 0.5) is 5.69 Å². The van der Waals surface area contributed by atoms with E-state index in [1.54, 1.807) is 4.68 Å². The molecule has 0 aliphatic carbocycles. The van der Waals surface area contributed by atoms with Gasteiger partial charge < -0.3 is 25.9 Å². The number of rotatable bonds is 7. The summed E-state index contributed by atoms with van der Waals surface area (Å²) in [4.78, 5) is 31.8. The lowest BCUT2D eigenvalue weighted by atomic mass is 9.86. The highest BCUT2D eigenvalue weighted by Crippen LogP contribution is 2.23. The molecule has 4 N–H and O–H groups in total. The highest BCUT2D eigenvalue weighted by Gasteiger charge is 2.35. The van der Waals surface area contributed by atoms with Crippen molar-refractivity contribution in [2.45, 2.75) is 45.9 Å². The minimum Gasteiger partial charge on any atom is -0.482 e. The van der Waals surface area contributed by atoms with Crippen LogP contribution in [0.3, 0.4) is 0 Å². The average Bonchev–Trinajstić information content (AvgIpc) is 3.46. The number of para-hydroxylation sites is 1. The van der Waals surface area contributed by atoms with E-state index in [-0.39, 0.29) is 24.2 Å². The fraction of sp³-hybridized carbons (Fsp3) is 0.385. The monoisotopic (exact) mass is 492 g/mol. The number of amides is 2. The van der Waals surface area contributed by atoms with Crippen LogP contribution in [-0.4, -0.2) is 53.3 Å². The molecular formula is C26H32N6O4. The first-order valence-corrected chi connectivity index (χ1v) is 11.8. The van der Waals surface area contributed by atoms with E-state index in [0.29, 0.717) is 29.9 Å². The van der Waals surface area contributed by atoms with E-state index in [0.717, 1.165) is 11.1 Å². The average molecular weight is 493 g/mol. The molecule has 0 spiro atoms. The van der Waals surface area contributed by atoms with Crippen LogP contribution in [0, 0.1) is 5.41 Å². The molecule has 0 bridgehead atoms. The molecule has 1 aliphatic heterocycles. The van der Waals surface area contributed by atoms with Crippen molar-refractivity contribution < 1.29 is 19.2 Å². The van der Waals surface area contributed by atoms with Crippen LogP contribution in [0.1, 0.15) is 43.2 Å². The number of oxime groups is 1. The minimum atomic E-state index is -0.796. The van der Waals surface area contributed by atoms with E-state index in [4.69, 9.17) is 15.3 Å². The van der Waals surface area contributed by atoms with Gasteiger partial charge >= 0.3 is 0 Å². The molecule has 2 atom stereocenters. The van der Waals surface area contributed by atoms with Gasteiger partial charge in [-0.1, -0.05) is 56.3 Å². The first kappa shape index (κ1) is 25.0. The number of nitrogens with zero attached hydrogens (tertiary/aromatic N) is 3. The van der Waals surface area contributed by atoms with Gasteiger partial charge in [-0.2, -0.15) is 5.10 Å². The maximum absolute atomic E-state index is 13.4. The van der Waals surface area contributed by atoms with Crippen molar-refractivity contribution in [1.82, 2.24) is 20.4 Å². The van der Waals surface area contributed by atoms with Crippen LogP contribution >= 0.6 is 0 Å². The number of hydrogen-bond acceptors (Lipinski definition) is 7. The minimum absolute atomic E-state index is 0.247. The lowest BCUT2D eigenvalue weighted by Gasteiger charge is -2.30. The molecular weight excluding hydrogens is 460 g/mol. The predicted molar refractivity (Wildman–Crippen MR) is 137 cm³/mol. The standard InChI is InChI=1S/C26H32N6O4/c1-26(2,3)23(25(34)28-14-18-13-21(35-4)31-36-18)29-24(33)22-19-7-5-6-8-20(19)32(30-22)15-16-9-11-17(27)12-10-16/h5-12,18,23H,13-15,27H2,1-4H3,(H,28,34)(H,29,33). The Balaban J connectivity index is 1.51. The fourth-order valence-electron chi connectivity index (χ4n) is 4.04. The predicted octanol–water partition coefficient (Wildman–Crippen LogP) is 2.68. The van der Waals surface area contributed by atoms with E-state index in [1.807, 2.05) is 69.3 Å². The van der Waals surface area contributed by atoms with Crippen LogP contribution < -0.4 is 16.4 Å². The van der Waals surface area contributed by atoms with Gasteiger partial charge in [-0.3, -0.25) is 14.3 Å². The largest absolute Gasteiger partial charge is 0.482 e. The number of aromatic nitrogens is 2. The van der Waals surface area contributed by atoms with Crippen LogP contribution in [0.25, 0.3) is 10.9 Å². The van der Waals surface area contributed by atoms with Crippen LogP contribution in [0.15, 0.2) is 53.7 Å². The second kappa shape index (κ2) is 10.3. The smallest absolute Gasteiger partial charge is 0.273 e. The SMILES string of the molecule is COC1=NOC(CNC(=O)C(NC(=O)c2nn(Cc3ccc(N)cc3)c3ccccc23)C(C)(C)C)C1. The Kier molecular flexibility index (Phi) is 7.14. The molecule has 0 radical (unpaired) electrons. The normalized spacial score (nSPS) is 16.2. The van der Waals surface area contributed by atoms with Crippen molar-refractivity contribution in [2.24, 2.45) is 10.6 Å². The summed E-state index contributed by atoms with van der Waals surface area (Å²) < 4.78 is 6.86. The second-order valence-corrected chi connectivity index (χ2v) is 9.90. The maximum Gasteiger partial charge on any atom is 0.273 e. The Morgan fingerprint density at radius 2 is 1.92 bits per heavy atom. The highest BCUT2D eigenvalue weighted by molar-refractivity contribution is 6.06. The van der Waals surface area contributed by atoms with Crippen molar-refractivity contribution in [3.05, 3.63) is 59.8 Å². The summed E-state index contributed by atoms with van der Waals surface area (Å²) in [5.41, 5.74) is 8.03.